The molecule has 0 atom stereocenters. The number of hydrogen-bond donors (Lipinski definition) is 1. The van der Waals surface area contributed by atoms with Gasteiger partial charge in [0.15, 0.2) is 0 Å². The van der Waals surface area contributed by atoms with Crippen molar-refractivity contribution in [3.05, 3.63) is 18.5 Å². The molecule has 0 aliphatic carbocycles. The molecule has 0 aromatic carbocycles. The van der Waals surface area contributed by atoms with Crippen LogP contribution < -0.4 is 10.2 Å². The molecule has 0 amide bonds. The molecule has 1 fully saturated rings. The summed E-state index contributed by atoms with van der Waals surface area (Å²) in [6, 6.07) is 2.42. The van der Waals surface area contributed by atoms with E-state index in [1.807, 2.05) is 6.07 Å². The minimum atomic E-state index is 0.576. The molecule has 1 aliphatic heterocycles. The Balaban J connectivity index is 2.12. The summed E-state index contributed by atoms with van der Waals surface area (Å²) in [4.78, 5) is 10.7. The van der Waals surface area contributed by atoms with E-state index in [0.717, 1.165) is 25.6 Å². The maximum atomic E-state index is 4.24. The topological polar surface area (TPSA) is 41.1 Å². The van der Waals surface area contributed by atoms with E-state index < -0.39 is 0 Å². The largest absolute Gasteiger partial charge is 0.336 e. The van der Waals surface area contributed by atoms with Crippen LogP contribution in [0.2, 0.25) is 0 Å². The molecule has 1 aromatic heterocycles. The lowest BCUT2D eigenvalue weighted by molar-refractivity contribution is 0.413. The van der Waals surface area contributed by atoms with E-state index in [4.69, 9.17) is 0 Å². The van der Waals surface area contributed by atoms with Crippen LogP contribution in [0.3, 0.4) is 0 Å². The van der Waals surface area contributed by atoms with Crippen molar-refractivity contribution in [2.24, 2.45) is 0 Å². The first-order valence-corrected chi connectivity index (χ1v) is 4.66. The molecular weight excluding hydrogens is 164 g/mol. The van der Waals surface area contributed by atoms with Gasteiger partial charge in [-0.25, -0.2) is 9.97 Å². The quantitative estimate of drug-likeness (QED) is 0.721. The maximum Gasteiger partial charge on any atom is 0.225 e. The third-order valence-corrected chi connectivity index (χ3v) is 2.35. The number of hydrogen-bond acceptors (Lipinski definition) is 4. The zero-order valence-corrected chi connectivity index (χ0v) is 7.77. The van der Waals surface area contributed by atoms with E-state index in [1.165, 1.54) is 0 Å². The van der Waals surface area contributed by atoms with Crippen LogP contribution in [-0.4, -0.2) is 35.6 Å². The normalized spacial score (nSPS) is 16.7. The van der Waals surface area contributed by atoms with Gasteiger partial charge in [0.05, 0.1) is 6.04 Å². The summed E-state index contributed by atoms with van der Waals surface area (Å²) in [6.45, 7) is 5.20. The van der Waals surface area contributed by atoms with Crippen molar-refractivity contribution in [1.29, 1.82) is 0 Å². The lowest BCUT2D eigenvalue weighted by atomic mass is 10.1. The van der Waals surface area contributed by atoms with E-state index >= 15 is 0 Å². The van der Waals surface area contributed by atoms with Gasteiger partial charge in [-0.05, 0) is 13.0 Å². The van der Waals surface area contributed by atoms with Crippen LogP contribution in [0, 0.1) is 0 Å². The molecule has 0 radical (unpaired) electrons. The highest BCUT2D eigenvalue weighted by molar-refractivity contribution is 5.31. The Labute approximate surface area is 78.0 Å². The molecule has 2 rings (SSSR count). The fourth-order valence-corrected chi connectivity index (χ4v) is 1.50. The van der Waals surface area contributed by atoms with Gasteiger partial charge in [-0.1, -0.05) is 0 Å². The number of nitrogens with zero attached hydrogens (tertiary/aromatic N) is 3. The fourth-order valence-electron chi connectivity index (χ4n) is 1.50. The van der Waals surface area contributed by atoms with Crippen LogP contribution in [0.25, 0.3) is 0 Å². The number of nitrogens with one attached hydrogen (secondary N) is 1. The fraction of sp³-hybridized carbons (Fsp3) is 0.556. The van der Waals surface area contributed by atoms with Crippen LogP contribution in [0.15, 0.2) is 18.5 Å². The van der Waals surface area contributed by atoms with Crippen molar-refractivity contribution in [2.75, 3.05) is 24.5 Å². The van der Waals surface area contributed by atoms with Crippen LogP contribution in [0.4, 0.5) is 5.95 Å². The van der Waals surface area contributed by atoms with Gasteiger partial charge in [0.1, 0.15) is 0 Å². The zero-order valence-electron chi connectivity index (χ0n) is 7.77. The Hall–Kier alpha value is -1.16. The minimum Gasteiger partial charge on any atom is -0.336 e. The van der Waals surface area contributed by atoms with Gasteiger partial charge >= 0.3 is 0 Å². The molecule has 1 saturated heterocycles. The van der Waals surface area contributed by atoms with Gasteiger partial charge in [-0.15, -0.1) is 0 Å². The van der Waals surface area contributed by atoms with Crippen LogP contribution in [0.5, 0.6) is 0 Å². The molecule has 1 aromatic rings. The summed E-state index contributed by atoms with van der Waals surface area (Å²) in [5, 5.41) is 3.25. The molecule has 70 valence electrons. The average Bonchev–Trinajstić information content (AvgIpc) is 2.12. The minimum absolute atomic E-state index is 0.576. The first-order valence-electron chi connectivity index (χ1n) is 4.66. The van der Waals surface area contributed by atoms with Crippen molar-refractivity contribution in [3.8, 4) is 0 Å². The average molecular weight is 178 g/mol. The Kier molecular flexibility index (Phi) is 2.40. The molecule has 0 bridgehead atoms. The summed E-state index contributed by atoms with van der Waals surface area (Å²) in [6.07, 6.45) is 3.58. The number of rotatable bonds is 3. The molecule has 1 aliphatic rings. The number of aromatic nitrogens is 2. The second-order valence-corrected chi connectivity index (χ2v) is 3.15. The highest BCUT2D eigenvalue weighted by atomic mass is 15.3. The SMILES string of the molecule is CCN(c1ncccn1)C1CNC1. The summed E-state index contributed by atoms with van der Waals surface area (Å²) in [5.41, 5.74) is 0. The predicted octanol–water partition coefficient (Wildman–Crippen LogP) is 0.275. The molecule has 1 N–H and O–H groups in total. The van der Waals surface area contributed by atoms with E-state index in [-0.39, 0.29) is 0 Å². The van der Waals surface area contributed by atoms with Crippen LogP contribution in [0.1, 0.15) is 6.92 Å². The first kappa shape index (κ1) is 8.44. The zero-order chi connectivity index (χ0) is 9.10. The van der Waals surface area contributed by atoms with Gasteiger partial charge in [0.25, 0.3) is 0 Å². The Morgan fingerprint density at radius 1 is 1.46 bits per heavy atom. The van der Waals surface area contributed by atoms with Gasteiger partial charge < -0.3 is 10.2 Å². The molecule has 0 saturated carbocycles. The van der Waals surface area contributed by atoms with Crippen molar-refractivity contribution in [3.63, 3.8) is 0 Å². The summed E-state index contributed by atoms with van der Waals surface area (Å²) in [7, 11) is 0. The highest BCUT2D eigenvalue weighted by Crippen LogP contribution is 2.11. The second kappa shape index (κ2) is 3.70. The molecule has 0 spiro atoms. The highest BCUT2D eigenvalue weighted by Gasteiger charge is 2.24. The van der Waals surface area contributed by atoms with E-state index in [2.05, 4.69) is 27.1 Å². The molecule has 2 heterocycles. The predicted molar refractivity (Wildman–Crippen MR) is 51.7 cm³/mol. The van der Waals surface area contributed by atoms with Gasteiger partial charge in [0.2, 0.25) is 5.95 Å². The third-order valence-electron chi connectivity index (χ3n) is 2.35. The monoisotopic (exact) mass is 178 g/mol. The summed E-state index contributed by atoms with van der Waals surface area (Å²) < 4.78 is 0. The van der Waals surface area contributed by atoms with Crippen molar-refractivity contribution in [2.45, 2.75) is 13.0 Å². The second-order valence-electron chi connectivity index (χ2n) is 3.15. The number of likely N-dealkylation sites (N-methyl/N-ethyl adjacent to an activating group) is 1. The molecule has 4 heteroatoms. The molecule has 4 nitrogen and oxygen atoms in total. The van der Waals surface area contributed by atoms with Crippen LogP contribution in [-0.2, 0) is 0 Å². The van der Waals surface area contributed by atoms with Crippen molar-refractivity contribution < 1.29 is 0 Å². The number of anilines is 1. The Morgan fingerprint density at radius 2 is 2.15 bits per heavy atom. The van der Waals surface area contributed by atoms with E-state index in [1.54, 1.807) is 12.4 Å². The standard InChI is InChI=1S/C9H14N4/c1-2-13(8-6-10-7-8)9-11-4-3-5-12-9/h3-5,8,10H,2,6-7H2,1H3. The van der Waals surface area contributed by atoms with Crippen molar-refractivity contribution in [1.82, 2.24) is 15.3 Å². The van der Waals surface area contributed by atoms with E-state index in [9.17, 15) is 0 Å². The van der Waals surface area contributed by atoms with Crippen molar-refractivity contribution >= 4 is 5.95 Å². The van der Waals surface area contributed by atoms with Gasteiger partial charge in [-0.3, -0.25) is 0 Å². The maximum absolute atomic E-state index is 4.24. The van der Waals surface area contributed by atoms with E-state index in [0.29, 0.717) is 6.04 Å². The molecular formula is C9H14N4. The Morgan fingerprint density at radius 3 is 2.62 bits per heavy atom. The van der Waals surface area contributed by atoms with Gasteiger partial charge in [-0.2, -0.15) is 0 Å². The summed E-state index contributed by atoms with van der Waals surface area (Å²) in [5.74, 6) is 0.844. The summed E-state index contributed by atoms with van der Waals surface area (Å²) >= 11 is 0. The first-order chi connectivity index (χ1) is 6.42. The lowest BCUT2D eigenvalue weighted by Gasteiger charge is -2.37. The van der Waals surface area contributed by atoms with Crippen LogP contribution >= 0.6 is 0 Å². The molecule has 0 unspecified atom stereocenters. The lowest BCUT2D eigenvalue weighted by Crippen LogP contribution is -2.57. The Bertz CT molecular complexity index is 258. The van der Waals surface area contributed by atoms with Gasteiger partial charge in [0, 0.05) is 32.0 Å². The third kappa shape index (κ3) is 1.62. The smallest absolute Gasteiger partial charge is 0.225 e. The molecule has 13 heavy (non-hydrogen) atoms.